The molecule has 3 rings (SSSR count). The van der Waals surface area contributed by atoms with Crippen molar-refractivity contribution in [2.24, 2.45) is 0 Å². The van der Waals surface area contributed by atoms with Crippen molar-refractivity contribution in [3.63, 3.8) is 0 Å². The van der Waals surface area contributed by atoms with Gasteiger partial charge in [-0.2, -0.15) is 4.98 Å². The fraction of sp³-hybridized carbons (Fsp3) is 0.250. The van der Waals surface area contributed by atoms with E-state index in [0.717, 1.165) is 5.56 Å². The molecule has 3 aromatic rings. The lowest BCUT2D eigenvalue weighted by molar-refractivity contribution is 0.0703. The van der Waals surface area contributed by atoms with Crippen molar-refractivity contribution in [2.75, 3.05) is 6.54 Å². The number of benzene rings is 2. The van der Waals surface area contributed by atoms with Crippen LogP contribution < -0.4 is 0 Å². The second kappa shape index (κ2) is 8.31. The summed E-state index contributed by atoms with van der Waals surface area (Å²) in [7, 11) is 0. The van der Waals surface area contributed by atoms with E-state index in [-0.39, 0.29) is 11.9 Å². The molecule has 0 radical (unpaired) electrons. The van der Waals surface area contributed by atoms with E-state index >= 15 is 0 Å². The lowest BCUT2D eigenvalue weighted by atomic mass is 10.1. The van der Waals surface area contributed by atoms with Crippen LogP contribution in [0.2, 0.25) is 5.02 Å². The van der Waals surface area contributed by atoms with Crippen LogP contribution in [0.25, 0.3) is 11.4 Å². The Balaban J connectivity index is 1.71. The largest absolute Gasteiger partial charge is 0.339 e. The fourth-order valence-electron chi connectivity index (χ4n) is 2.70. The second-order valence-electron chi connectivity index (χ2n) is 6.37. The first-order valence-electron chi connectivity index (χ1n) is 8.59. The maximum atomic E-state index is 13.4. The van der Waals surface area contributed by atoms with Gasteiger partial charge in [0.05, 0.1) is 0 Å². The minimum Gasteiger partial charge on any atom is -0.339 e. The number of aromatic nitrogens is 2. The van der Waals surface area contributed by atoms with Gasteiger partial charge in [-0.1, -0.05) is 35.0 Å². The Morgan fingerprint density at radius 1 is 1.22 bits per heavy atom. The van der Waals surface area contributed by atoms with Crippen molar-refractivity contribution < 1.29 is 13.7 Å². The van der Waals surface area contributed by atoms with Crippen molar-refractivity contribution >= 4 is 17.5 Å². The molecule has 0 N–H and O–H groups in total. The summed E-state index contributed by atoms with van der Waals surface area (Å²) < 4.78 is 18.7. The highest BCUT2D eigenvalue weighted by molar-refractivity contribution is 6.30. The third-order valence-corrected chi connectivity index (χ3v) is 4.31. The summed E-state index contributed by atoms with van der Waals surface area (Å²) in [6.07, 6.45) is 0.396. The third-order valence-electron chi connectivity index (χ3n) is 4.07. The minimum atomic E-state index is -0.437. The van der Waals surface area contributed by atoms with Crippen molar-refractivity contribution in [2.45, 2.75) is 26.3 Å². The summed E-state index contributed by atoms with van der Waals surface area (Å²) in [4.78, 5) is 18.7. The Morgan fingerprint density at radius 2 is 2.00 bits per heavy atom. The maximum Gasteiger partial charge on any atom is 0.254 e. The quantitative estimate of drug-likeness (QED) is 0.619. The Kier molecular flexibility index (Phi) is 5.86. The molecule has 0 aliphatic carbocycles. The van der Waals surface area contributed by atoms with Crippen LogP contribution in [0.1, 0.15) is 30.1 Å². The molecular formula is C20H19ClFN3O2. The topological polar surface area (TPSA) is 59.2 Å². The number of carbonyl (C=O) groups is 1. The van der Waals surface area contributed by atoms with E-state index in [2.05, 4.69) is 10.1 Å². The van der Waals surface area contributed by atoms with Crippen LogP contribution >= 0.6 is 11.6 Å². The minimum absolute atomic E-state index is 0.0592. The molecule has 1 heterocycles. The molecular weight excluding hydrogens is 369 g/mol. The summed E-state index contributed by atoms with van der Waals surface area (Å²) in [6.45, 7) is 4.19. The molecule has 0 atom stereocenters. The summed E-state index contributed by atoms with van der Waals surface area (Å²) in [5.74, 6) is 0.189. The normalized spacial score (nSPS) is 11.0. The average Bonchev–Trinajstić information content (AvgIpc) is 3.10. The van der Waals surface area contributed by atoms with Gasteiger partial charge < -0.3 is 9.42 Å². The van der Waals surface area contributed by atoms with Crippen LogP contribution in [0.15, 0.2) is 53.1 Å². The molecule has 2 aromatic carbocycles. The number of halogens is 2. The standard InChI is InChI=1S/C20H19ClFN3O2/c1-13(2)25(20(26)15-6-4-8-17(22)12-15)10-9-18-23-19(24-27-18)14-5-3-7-16(21)11-14/h3-8,11-13H,9-10H2,1-2H3. The van der Waals surface area contributed by atoms with Crippen LogP contribution in [-0.2, 0) is 6.42 Å². The van der Waals surface area contributed by atoms with E-state index in [1.54, 1.807) is 23.1 Å². The Morgan fingerprint density at radius 3 is 2.70 bits per heavy atom. The second-order valence-corrected chi connectivity index (χ2v) is 6.81. The van der Waals surface area contributed by atoms with Crippen molar-refractivity contribution in [3.8, 4) is 11.4 Å². The first-order chi connectivity index (χ1) is 12.9. The highest BCUT2D eigenvalue weighted by Gasteiger charge is 2.20. The van der Waals surface area contributed by atoms with Crippen LogP contribution in [0.5, 0.6) is 0 Å². The molecule has 0 spiro atoms. The monoisotopic (exact) mass is 387 g/mol. The number of carbonyl (C=O) groups excluding carboxylic acids is 1. The van der Waals surface area contributed by atoms with Gasteiger partial charge in [-0.15, -0.1) is 0 Å². The van der Waals surface area contributed by atoms with Gasteiger partial charge in [-0.3, -0.25) is 4.79 Å². The van der Waals surface area contributed by atoms with Crippen molar-refractivity contribution in [3.05, 3.63) is 70.8 Å². The molecule has 0 bridgehead atoms. The van der Waals surface area contributed by atoms with Gasteiger partial charge in [-0.05, 0) is 44.2 Å². The molecule has 0 unspecified atom stereocenters. The van der Waals surface area contributed by atoms with Gasteiger partial charge in [0.2, 0.25) is 11.7 Å². The number of hydrogen-bond donors (Lipinski definition) is 0. The molecule has 5 nitrogen and oxygen atoms in total. The molecule has 0 fully saturated rings. The smallest absolute Gasteiger partial charge is 0.254 e. The first kappa shape index (κ1) is 19.0. The van der Waals surface area contributed by atoms with Gasteiger partial charge in [0.15, 0.2) is 0 Å². The molecule has 1 aromatic heterocycles. The zero-order valence-electron chi connectivity index (χ0n) is 15.0. The van der Waals surface area contributed by atoms with Gasteiger partial charge >= 0.3 is 0 Å². The first-order valence-corrected chi connectivity index (χ1v) is 8.97. The van der Waals surface area contributed by atoms with E-state index in [1.807, 2.05) is 26.0 Å². The Hall–Kier alpha value is -2.73. The molecule has 0 saturated heterocycles. The summed E-state index contributed by atoms with van der Waals surface area (Å²) in [6, 6.07) is 12.8. The van der Waals surface area contributed by atoms with Gasteiger partial charge in [0.1, 0.15) is 5.82 Å². The zero-order valence-corrected chi connectivity index (χ0v) is 15.8. The number of nitrogens with zero attached hydrogens (tertiary/aromatic N) is 3. The SMILES string of the molecule is CC(C)N(CCc1nc(-c2cccc(Cl)c2)no1)C(=O)c1cccc(F)c1. The Labute approximate surface area is 161 Å². The Bertz CT molecular complexity index is 942. The van der Waals surface area contributed by atoms with Gasteiger partial charge in [0, 0.05) is 35.2 Å². The van der Waals surface area contributed by atoms with Crippen molar-refractivity contribution in [1.29, 1.82) is 0 Å². The molecule has 0 saturated carbocycles. The van der Waals surface area contributed by atoms with Crippen LogP contribution in [0, 0.1) is 5.82 Å². The van der Waals surface area contributed by atoms with E-state index in [0.29, 0.717) is 35.3 Å². The molecule has 7 heteroatoms. The lowest BCUT2D eigenvalue weighted by Crippen LogP contribution is -2.38. The fourth-order valence-corrected chi connectivity index (χ4v) is 2.89. The maximum absolute atomic E-state index is 13.4. The van der Waals surface area contributed by atoms with Crippen molar-refractivity contribution in [1.82, 2.24) is 15.0 Å². The predicted octanol–water partition coefficient (Wildman–Crippen LogP) is 4.62. The highest BCUT2D eigenvalue weighted by atomic mass is 35.5. The van der Waals surface area contributed by atoms with Gasteiger partial charge in [-0.25, -0.2) is 4.39 Å². The summed E-state index contributed by atoms with van der Waals surface area (Å²) in [5.41, 5.74) is 1.07. The molecule has 27 heavy (non-hydrogen) atoms. The number of hydrogen-bond acceptors (Lipinski definition) is 4. The molecule has 0 aliphatic heterocycles. The zero-order chi connectivity index (χ0) is 19.4. The number of rotatable bonds is 6. The van der Waals surface area contributed by atoms with Gasteiger partial charge in [0.25, 0.3) is 5.91 Å². The van der Waals surface area contributed by atoms with Crippen LogP contribution in [0.4, 0.5) is 4.39 Å². The van der Waals surface area contributed by atoms with Crippen LogP contribution in [-0.4, -0.2) is 33.5 Å². The number of amides is 1. The lowest BCUT2D eigenvalue weighted by Gasteiger charge is -2.26. The highest BCUT2D eigenvalue weighted by Crippen LogP contribution is 2.20. The van der Waals surface area contributed by atoms with E-state index in [1.165, 1.54) is 18.2 Å². The summed E-state index contributed by atoms with van der Waals surface area (Å²) in [5, 5.41) is 4.56. The molecule has 0 aliphatic rings. The predicted molar refractivity (Wildman–Crippen MR) is 101 cm³/mol. The summed E-state index contributed by atoms with van der Waals surface area (Å²) >= 11 is 5.99. The molecule has 1 amide bonds. The van der Waals surface area contributed by atoms with Crippen LogP contribution in [0.3, 0.4) is 0 Å². The third kappa shape index (κ3) is 4.71. The van der Waals surface area contributed by atoms with E-state index in [9.17, 15) is 9.18 Å². The van der Waals surface area contributed by atoms with E-state index < -0.39 is 5.82 Å². The molecule has 140 valence electrons. The average molecular weight is 388 g/mol. The van der Waals surface area contributed by atoms with E-state index in [4.69, 9.17) is 16.1 Å².